The van der Waals surface area contributed by atoms with Crippen molar-refractivity contribution in [3.05, 3.63) is 77.9 Å². The number of carbonyl (C=O) groups is 2. The lowest BCUT2D eigenvalue weighted by atomic mass is 10.1. The molecule has 1 saturated heterocycles. The number of aromatic nitrogens is 1. The number of hydrogen-bond acceptors (Lipinski definition) is 5. The molecule has 4 rings (SSSR count). The molecule has 1 aromatic carbocycles. The fourth-order valence-corrected chi connectivity index (χ4v) is 3.58. The van der Waals surface area contributed by atoms with Crippen LogP contribution in [-0.4, -0.2) is 47.9 Å². The molecule has 0 bridgehead atoms. The summed E-state index contributed by atoms with van der Waals surface area (Å²) in [6.07, 6.45) is -0.784. The average Bonchev–Trinajstić information content (AvgIpc) is 3.24. The summed E-state index contributed by atoms with van der Waals surface area (Å²) in [5.41, 5.74) is -0.0312. The Kier molecular flexibility index (Phi) is 6.34. The number of amides is 2. The van der Waals surface area contributed by atoms with E-state index in [-0.39, 0.29) is 23.1 Å². The summed E-state index contributed by atoms with van der Waals surface area (Å²) >= 11 is 0. The average molecular weight is 458 g/mol. The second-order valence-electron chi connectivity index (χ2n) is 7.54. The SMILES string of the molecule is O=C(Nc1ccc(N2CCCN(C(=O)c3ccc(C(F)(F)F)cc3)CC2)nc1)c1ccco1. The standard InChI is InChI=1S/C23H21F3N4O3/c24-23(25,26)17-6-4-16(5-7-17)22(32)30-11-2-10-29(12-13-30)20-9-8-18(15-27-20)28-21(31)19-3-1-14-33-19/h1,3-9,14-15H,2,10-13H2,(H,28,31). The Labute approximate surface area is 187 Å². The minimum absolute atomic E-state index is 0.199. The van der Waals surface area contributed by atoms with Crippen molar-refractivity contribution >= 4 is 23.3 Å². The van der Waals surface area contributed by atoms with Gasteiger partial charge in [-0.3, -0.25) is 9.59 Å². The quantitative estimate of drug-likeness (QED) is 0.631. The smallest absolute Gasteiger partial charge is 0.416 e. The van der Waals surface area contributed by atoms with Crippen molar-refractivity contribution < 1.29 is 27.2 Å². The third kappa shape index (κ3) is 5.33. The van der Waals surface area contributed by atoms with Crippen molar-refractivity contribution in [2.45, 2.75) is 12.6 Å². The van der Waals surface area contributed by atoms with Crippen LogP contribution in [0.15, 0.2) is 65.4 Å². The second-order valence-corrected chi connectivity index (χ2v) is 7.54. The molecule has 0 spiro atoms. The highest BCUT2D eigenvalue weighted by molar-refractivity contribution is 6.02. The van der Waals surface area contributed by atoms with E-state index in [1.165, 1.54) is 18.4 Å². The summed E-state index contributed by atoms with van der Waals surface area (Å²) < 4.78 is 43.3. The van der Waals surface area contributed by atoms with Crippen LogP contribution in [0.2, 0.25) is 0 Å². The van der Waals surface area contributed by atoms with E-state index in [1.54, 1.807) is 35.4 Å². The fourth-order valence-electron chi connectivity index (χ4n) is 3.58. The summed E-state index contributed by atoms with van der Waals surface area (Å²) in [4.78, 5) is 32.9. The lowest BCUT2D eigenvalue weighted by Gasteiger charge is -2.23. The van der Waals surface area contributed by atoms with Gasteiger partial charge in [-0.25, -0.2) is 4.98 Å². The van der Waals surface area contributed by atoms with E-state index in [0.29, 0.717) is 44.1 Å². The molecule has 0 unspecified atom stereocenters. The Balaban J connectivity index is 1.35. The highest BCUT2D eigenvalue weighted by Crippen LogP contribution is 2.29. The largest absolute Gasteiger partial charge is 0.459 e. The molecular formula is C23H21F3N4O3. The van der Waals surface area contributed by atoms with Gasteiger partial charge < -0.3 is 19.5 Å². The molecular weight excluding hydrogens is 437 g/mol. The third-order valence-electron chi connectivity index (χ3n) is 5.32. The number of nitrogens with zero attached hydrogens (tertiary/aromatic N) is 3. The lowest BCUT2D eigenvalue weighted by molar-refractivity contribution is -0.137. The molecule has 33 heavy (non-hydrogen) atoms. The van der Waals surface area contributed by atoms with Gasteiger partial charge in [0.2, 0.25) is 0 Å². The molecule has 3 aromatic rings. The number of benzene rings is 1. The number of furan rings is 1. The first-order valence-corrected chi connectivity index (χ1v) is 10.3. The number of halogens is 3. The van der Waals surface area contributed by atoms with E-state index in [9.17, 15) is 22.8 Å². The van der Waals surface area contributed by atoms with Crippen molar-refractivity contribution in [2.24, 2.45) is 0 Å². The molecule has 0 radical (unpaired) electrons. The zero-order chi connectivity index (χ0) is 23.4. The molecule has 1 aliphatic rings. The van der Waals surface area contributed by atoms with Crippen LogP contribution in [-0.2, 0) is 6.18 Å². The molecule has 1 fully saturated rings. The van der Waals surface area contributed by atoms with Gasteiger partial charge in [-0.2, -0.15) is 13.2 Å². The zero-order valence-electron chi connectivity index (χ0n) is 17.5. The van der Waals surface area contributed by atoms with Crippen LogP contribution >= 0.6 is 0 Å². The first kappa shape index (κ1) is 22.4. The van der Waals surface area contributed by atoms with Crippen LogP contribution in [0.1, 0.15) is 32.9 Å². The van der Waals surface area contributed by atoms with Crippen LogP contribution in [0.4, 0.5) is 24.7 Å². The monoisotopic (exact) mass is 458 g/mol. The van der Waals surface area contributed by atoms with E-state index in [1.807, 2.05) is 4.90 Å². The van der Waals surface area contributed by atoms with Gasteiger partial charge in [0.15, 0.2) is 5.76 Å². The van der Waals surface area contributed by atoms with Gasteiger partial charge in [0.05, 0.1) is 23.7 Å². The molecule has 1 N–H and O–H groups in total. The molecule has 0 atom stereocenters. The highest BCUT2D eigenvalue weighted by atomic mass is 19.4. The highest BCUT2D eigenvalue weighted by Gasteiger charge is 2.30. The molecule has 0 aliphatic carbocycles. The van der Waals surface area contributed by atoms with E-state index in [4.69, 9.17) is 4.42 Å². The van der Waals surface area contributed by atoms with Crippen LogP contribution in [0.5, 0.6) is 0 Å². The molecule has 0 saturated carbocycles. The molecule has 172 valence electrons. The van der Waals surface area contributed by atoms with Crippen LogP contribution in [0.3, 0.4) is 0 Å². The van der Waals surface area contributed by atoms with Crippen molar-refractivity contribution in [2.75, 3.05) is 36.4 Å². The van der Waals surface area contributed by atoms with E-state index in [2.05, 4.69) is 10.3 Å². The predicted octanol–water partition coefficient (Wildman–Crippen LogP) is 4.30. The summed E-state index contributed by atoms with van der Waals surface area (Å²) in [5, 5.41) is 2.70. The Hall–Kier alpha value is -3.82. The normalized spacial score (nSPS) is 14.6. The summed E-state index contributed by atoms with van der Waals surface area (Å²) in [6.45, 7) is 2.10. The maximum absolute atomic E-state index is 12.8. The molecule has 3 heterocycles. The first-order valence-electron chi connectivity index (χ1n) is 10.3. The number of anilines is 2. The Morgan fingerprint density at radius 1 is 0.970 bits per heavy atom. The Morgan fingerprint density at radius 3 is 2.39 bits per heavy atom. The van der Waals surface area contributed by atoms with Gasteiger partial charge in [0.1, 0.15) is 5.82 Å². The topological polar surface area (TPSA) is 78.7 Å². The number of rotatable bonds is 4. The molecule has 7 nitrogen and oxygen atoms in total. The van der Waals surface area contributed by atoms with Crippen LogP contribution < -0.4 is 10.2 Å². The number of hydrogen-bond donors (Lipinski definition) is 1. The lowest BCUT2D eigenvalue weighted by Crippen LogP contribution is -2.35. The Bertz CT molecular complexity index is 1100. The summed E-state index contributed by atoms with van der Waals surface area (Å²) in [6, 6.07) is 11.0. The first-order chi connectivity index (χ1) is 15.8. The van der Waals surface area contributed by atoms with Crippen molar-refractivity contribution in [3.8, 4) is 0 Å². The van der Waals surface area contributed by atoms with Crippen LogP contribution in [0, 0.1) is 0 Å². The maximum atomic E-state index is 12.8. The minimum atomic E-state index is -4.44. The second kappa shape index (κ2) is 9.35. The van der Waals surface area contributed by atoms with Gasteiger partial charge in [0, 0.05) is 31.7 Å². The number of nitrogens with one attached hydrogen (secondary N) is 1. The molecule has 2 aromatic heterocycles. The van der Waals surface area contributed by atoms with Crippen LogP contribution in [0.25, 0.3) is 0 Å². The van der Waals surface area contributed by atoms with Gasteiger partial charge in [0.25, 0.3) is 11.8 Å². The predicted molar refractivity (Wildman–Crippen MR) is 115 cm³/mol. The number of alkyl halides is 3. The van der Waals surface area contributed by atoms with E-state index < -0.39 is 11.7 Å². The Morgan fingerprint density at radius 2 is 1.76 bits per heavy atom. The minimum Gasteiger partial charge on any atom is -0.459 e. The molecule has 2 amide bonds. The fraction of sp³-hybridized carbons (Fsp3) is 0.261. The molecule has 1 aliphatic heterocycles. The van der Waals surface area contributed by atoms with Gasteiger partial charge in [-0.15, -0.1) is 0 Å². The van der Waals surface area contributed by atoms with Crippen molar-refractivity contribution in [1.29, 1.82) is 0 Å². The molecule has 10 heteroatoms. The van der Waals surface area contributed by atoms with E-state index >= 15 is 0 Å². The van der Waals surface area contributed by atoms with Crippen molar-refractivity contribution in [3.63, 3.8) is 0 Å². The van der Waals surface area contributed by atoms with Gasteiger partial charge in [-0.05, 0) is 55.0 Å². The van der Waals surface area contributed by atoms with E-state index in [0.717, 1.165) is 12.1 Å². The zero-order valence-corrected chi connectivity index (χ0v) is 17.5. The van der Waals surface area contributed by atoms with Crippen molar-refractivity contribution in [1.82, 2.24) is 9.88 Å². The number of pyridine rings is 1. The maximum Gasteiger partial charge on any atom is 0.416 e. The summed E-state index contributed by atoms with van der Waals surface area (Å²) in [5.74, 6) is 0.232. The summed E-state index contributed by atoms with van der Waals surface area (Å²) in [7, 11) is 0. The van der Waals surface area contributed by atoms with Gasteiger partial charge >= 0.3 is 6.18 Å². The number of carbonyl (C=O) groups excluding carboxylic acids is 2. The third-order valence-corrected chi connectivity index (χ3v) is 5.32. The van der Waals surface area contributed by atoms with Gasteiger partial charge in [-0.1, -0.05) is 0 Å².